The van der Waals surface area contributed by atoms with E-state index < -0.39 is 0 Å². The Balaban J connectivity index is 2.78. The molecule has 0 aliphatic carbocycles. The van der Waals surface area contributed by atoms with Crippen LogP contribution in [0.3, 0.4) is 0 Å². The van der Waals surface area contributed by atoms with Crippen LogP contribution in [-0.2, 0) is 0 Å². The zero-order chi connectivity index (χ0) is 12.1. The Morgan fingerprint density at radius 2 is 2.31 bits per heavy atom. The minimum Gasteiger partial charge on any atom is -0.393 e. The van der Waals surface area contributed by atoms with Crippen molar-refractivity contribution in [1.82, 2.24) is 4.98 Å². The van der Waals surface area contributed by atoms with Crippen LogP contribution in [0.1, 0.15) is 18.9 Å². The van der Waals surface area contributed by atoms with Crippen LogP contribution < -0.4 is 10.6 Å². The molecular formula is C11H16BrN3S. The minimum absolute atomic E-state index is 0.548. The summed E-state index contributed by atoms with van der Waals surface area (Å²) in [5.74, 6) is 0.972. The summed E-state index contributed by atoms with van der Waals surface area (Å²) < 4.78 is 1.03. The highest BCUT2D eigenvalue weighted by Crippen LogP contribution is 2.19. The molecule has 0 unspecified atom stereocenters. The molecule has 0 amide bonds. The van der Waals surface area contributed by atoms with Crippen LogP contribution in [0.15, 0.2) is 16.7 Å². The Hall–Kier alpha value is -0.680. The van der Waals surface area contributed by atoms with Gasteiger partial charge in [0.25, 0.3) is 0 Å². The van der Waals surface area contributed by atoms with Crippen LogP contribution in [0.25, 0.3) is 0 Å². The minimum atomic E-state index is 0.548. The molecule has 0 atom stereocenters. The number of pyridine rings is 1. The first-order valence-corrected chi connectivity index (χ1v) is 6.40. The van der Waals surface area contributed by atoms with E-state index in [0.717, 1.165) is 29.8 Å². The van der Waals surface area contributed by atoms with Crippen molar-refractivity contribution >= 4 is 39.0 Å². The number of anilines is 1. The fraction of sp³-hybridized carbons (Fsp3) is 0.455. The summed E-state index contributed by atoms with van der Waals surface area (Å²) in [7, 11) is 0. The Morgan fingerprint density at radius 1 is 1.62 bits per heavy atom. The number of thiocarbonyl (C=S) groups is 1. The van der Waals surface area contributed by atoms with Crippen molar-refractivity contribution in [3.8, 4) is 0 Å². The molecule has 0 spiro atoms. The van der Waals surface area contributed by atoms with Crippen LogP contribution >= 0.6 is 28.1 Å². The van der Waals surface area contributed by atoms with E-state index in [9.17, 15) is 0 Å². The molecule has 0 fully saturated rings. The molecule has 5 heteroatoms. The molecule has 0 aromatic carbocycles. The molecule has 88 valence electrons. The fourth-order valence-corrected chi connectivity index (χ4v) is 1.69. The third-order valence-electron chi connectivity index (χ3n) is 2.37. The number of nitrogens with two attached hydrogens (primary N) is 1. The number of aromatic nitrogens is 1. The van der Waals surface area contributed by atoms with E-state index in [-0.39, 0.29) is 0 Å². The smallest absolute Gasteiger partial charge is 0.128 e. The highest BCUT2D eigenvalue weighted by atomic mass is 79.9. The predicted octanol–water partition coefficient (Wildman–Crippen LogP) is 2.66. The molecule has 0 bridgehead atoms. The lowest BCUT2D eigenvalue weighted by molar-refractivity contribution is 0.818. The maximum absolute atomic E-state index is 5.50. The molecular weight excluding hydrogens is 286 g/mol. The second-order valence-electron chi connectivity index (χ2n) is 3.59. The standard InChI is InChI=1S/C11H16BrN3S/c1-3-15(5-4-10(13)16)11-6-8(2)9(12)7-14-11/h6-7H,3-5H2,1-2H3,(H2,13,16). The Labute approximate surface area is 110 Å². The van der Waals surface area contributed by atoms with Crippen molar-refractivity contribution in [2.45, 2.75) is 20.3 Å². The number of rotatable bonds is 5. The lowest BCUT2D eigenvalue weighted by atomic mass is 10.3. The van der Waals surface area contributed by atoms with Gasteiger partial charge < -0.3 is 10.6 Å². The molecule has 0 saturated carbocycles. The predicted molar refractivity (Wildman–Crippen MR) is 76.0 cm³/mol. The van der Waals surface area contributed by atoms with Gasteiger partial charge in [0.15, 0.2) is 0 Å². The average Bonchev–Trinajstić information content (AvgIpc) is 2.23. The van der Waals surface area contributed by atoms with E-state index in [4.69, 9.17) is 18.0 Å². The van der Waals surface area contributed by atoms with Gasteiger partial charge in [-0.05, 0) is 41.4 Å². The number of hydrogen-bond acceptors (Lipinski definition) is 3. The molecule has 0 saturated heterocycles. The lowest BCUT2D eigenvalue weighted by Crippen LogP contribution is -2.28. The van der Waals surface area contributed by atoms with Gasteiger partial charge in [0.2, 0.25) is 0 Å². The highest BCUT2D eigenvalue weighted by Gasteiger charge is 2.07. The largest absolute Gasteiger partial charge is 0.393 e. The second-order valence-corrected chi connectivity index (χ2v) is 4.97. The van der Waals surface area contributed by atoms with Crippen LogP contribution in [-0.4, -0.2) is 23.1 Å². The SMILES string of the molecule is CCN(CCC(N)=S)c1cc(C)c(Br)cn1. The van der Waals surface area contributed by atoms with E-state index in [1.165, 1.54) is 5.56 Å². The Morgan fingerprint density at radius 3 is 2.81 bits per heavy atom. The van der Waals surface area contributed by atoms with Crippen LogP contribution in [0.4, 0.5) is 5.82 Å². The summed E-state index contributed by atoms with van der Waals surface area (Å²) in [5, 5.41) is 0. The van der Waals surface area contributed by atoms with Crippen LogP contribution in [0.5, 0.6) is 0 Å². The fourth-order valence-electron chi connectivity index (χ4n) is 1.38. The van der Waals surface area contributed by atoms with E-state index in [1.807, 2.05) is 6.20 Å². The van der Waals surface area contributed by atoms with Gasteiger partial charge in [0, 0.05) is 30.2 Å². The molecule has 1 aromatic rings. The van der Waals surface area contributed by atoms with Gasteiger partial charge in [-0.2, -0.15) is 0 Å². The van der Waals surface area contributed by atoms with Crippen LogP contribution in [0.2, 0.25) is 0 Å². The third kappa shape index (κ3) is 3.72. The van der Waals surface area contributed by atoms with Crippen molar-refractivity contribution < 1.29 is 0 Å². The van der Waals surface area contributed by atoms with Gasteiger partial charge in [-0.3, -0.25) is 0 Å². The summed E-state index contributed by atoms with van der Waals surface area (Å²) in [6.07, 6.45) is 2.55. The molecule has 1 heterocycles. The molecule has 0 aliphatic heterocycles. The molecule has 1 aromatic heterocycles. The van der Waals surface area contributed by atoms with E-state index in [1.54, 1.807) is 0 Å². The number of hydrogen-bond donors (Lipinski definition) is 1. The van der Waals surface area contributed by atoms with Crippen molar-refractivity contribution in [3.05, 3.63) is 22.3 Å². The Kier molecular flexibility index (Phi) is 5.15. The zero-order valence-electron chi connectivity index (χ0n) is 9.53. The molecule has 1 rings (SSSR count). The first-order valence-electron chi connectivity index (χ1n) is 5.20. The molecule has 0 radical (unpaired) electrons. The molecule has 0 aliphatic rings. The van der Waals surface area contributed by atoms with Crippen molar-refractivity contribution in [2.75, 3.05) is 18.0 Å². The van der Waals surface area contributed by atoms with Gasteiger partial charge in [0.1, 0.15) is 5.82 Å². The van der Waals surface area contributed by atoms with E-state index in [0.29, 0.717) is 4.99 Å². The van der Waals surface area contributed by atoms with Crippen molar-refractivity contribution in [1.29, 1.82) is 0 Å². The second kappa shape index (κ2) is 6.15. The number of halogens is 1. The van der Waals surface area contributed by atoms with Gasteiger partial charge in [-0.15, -0.1) is 0 Å². The van der Waals surface area contributed by atoms with Gasteiger partial charge >= 0.3 is 0 Å². The van der Waals surface area contributed by atoms with Crippen molar-refractivity contribution in [2.24, 2.45) is 5.73 Å². The summed E-state index contributed by atoms with van der Waals surface area (Å²) in [4.78, 5) is 7.10. The third-order valence-corrected chi connectivity index (χ3v) is 3.40. The van der Waals surface area contributed by atoms with Gasteiger partial charge in [-0.1, -0.05) is 12.2 Å². The Bertz CT molecular complexity index is 381. The van der Waals surface area contributed by atoms with E-state index >= 15 is 0 Å². The van der Waals surface area contributed by atoms with Gasteiger partial charge in [0.05, 0.1) is 4.99 Å². The van der Waals surface area contributed by atoms with Crippen LogP contribution in [0, 0.1) is 6.92 Å². The number of nitrogens with zero attached hydrogens (tertiary/aromatic N) is 2. The zero-order valence-corrected chi connectivity index (χ0v) is 11.9. The maximum atomic E-state index is 5.50. The first kappa shape index (κ1) is 13.4. The molecule has 16 heavy (non-hydrogen) atoms. The normalized spacial score (nSPS) is 10.2. The summed E-state index contributed by atoms with van der Waals surface area (Å²) in [6, 6.07) is 2.06. The summed E-state index contributed by atoms with van der Waals surface area (Å²) in [5.41, 5.74) is 6.68. The number of aryl methyl sites for hydroxylation is 1. The monoisotopic (exact) mass is 301 g/mol. The topological polar surface area (TPSA) is 42.1 Å². The van der Waals surface area contributed by atoms with Gasteiger partial charge in [-0.25, -0.2) is 4.98 Å². The molecule has 3 nitrogen and oxygen atoms in total. The highest BCUT2D eigenvalue weighted by molar-refractivity contribution is 9.10. The lowest BCUT2D eigenvalue weighted by Gasteiger charge is -2.22. The summed E-state index contributed by atoms with van der Waals surface area (Å²) in [6.45, 7) is 5.87. The quantitative estimate of drug-likeness (QED) is 0.849. The average molecular weight is 302 g/mol. The first-order chi connectivity index (χ1) is 7.54. The molecule has 2 N–H and O–H groups in total. The maximum Gasteiger partial charge on any atom is 0.128 e. The van der Waals surface area contributed by atoms with Crippen molar-refractivity contribution in [3.63, 3.8) is 0 Å². The van der Waals surface area contributed by atoms with E-state index in [2.05, 4.69) is 45.7 Å². The summed E-state index contributed by atoms with van der Waals surface area (Å²) >= 11 is 8.32.